The molecule has 0 fully saturated rings. The first-order valence-corrected chi connectivity index (χ1v) is 7.25. The monoisotopic (exact) mass is 346 g/mol. The van der Waals surface area contributed by atoms with Crippen LogP contribution in [0.15, 0.2) is 18.2 Å². The molecule has 0 heterocycles. The largest absolute Gasteiger partial charge is 0.490 e. The Morgan fingerprint density at radius 1 is 1.38 bits per heavy atom. The van der Waals surface area contributed by atoms with E-state index in [1.54, 1.807) is 13.0 Å². The number of benzene rings is 1. The van der Waals surface area contributed by atoms with Gasteiger partial charge in [-0.3, -0.25) is 4.79 Å². The van der Waals surface area contributed by atoms with Crippen molar-refractivity contribution in [2.75, 3.05) is 20.2 Å². The number of hydrogen-bond donors (Lipinski definition) is 2. The van der Waals surface area contributed by atoms with Gasteiger partial charge in [0.05, 0.1) is 13.0 Å². The Morgan fingerprint density at radius 3 is 2.67 bits per heavy atom. The zero-order valence-corrected chi connectivity index (χ0v) is 13.4. The third-order valence-electron chi connectivity index (χ3n) is 3.01. The van der Waals surface area contributed by atoms with E-state index in [2.05, 4.69) is 10.1 Å². The molecule has 0 saturated carbocycles. The smallest absolute Gasteiger partial charge is 0.387 e. The molecule has 1 aromatic carbocycles. The van der Waals surface area contributed by atoms with Gasteiger partial charge >= 0.3 is 18.6 Å². The second-order valence-corrected chi connectivity index (χ2v) is 4.78. The van der Waals surface area contributed by atoms with Crippen LogP contribution < -0.4 is 14.8 Å². The van der Waals surface area contributed by atoms with E-state index < -0.39 is 18.6 Å². The van der Waals surface area contributed by atoms with Crippen molar-refractivity contribution in [3.05, 3.63) is 23.8 Å². The lowest BCUT2D eigenvalue weighted by molar-refractivity contribution is -0.137. The molecule has 0 unspecified atom stereocenters. The first-order chi connectivity index (χ1) is 11.3. The Bertz CT molecular complexity index is 569. The van der Waals surface area contributed by atoms with Crippen molar-refractivity contribution in [1.29, 1.82) is 0 Å². The standard InChI is InChI=1S/C15H20F2N2O5/c1-3-23-11-6-4-5-10(13(11)24-14(16)17)9-18-15(22)19(2)8-7-12(20)21/h4-6,14H,3,7-9H2,1-2H3,(H,18,22)(H,20,21). The molecule has 0 atom stereocenters. The number of amides is 2. The van der Waals surface area contributed by atoms with Gasteiger partial charge in [-0.1, -0.05) is 12.1 Å². The Balaban J connectivity index is 2.77. The van der Waals surface area contributed by atoms with E-state index in [0.717, 1.165) is 0 Å². The molecule has 0 radical (unpaired) electrons. The molecule has 0 aliphatic rings. The Labute approximate surface area is 138 Å². The number of para-hydroxylation sites is 1. The predicted molar refractivity (Wildman–Crippen MR) is 81.4 cm³/mol. The Hall–Kier alpha value is -2.58. The molecule has 0 saturated heterocycles. The number of carbonyl (C=O) groups is 2. The minimum Gasteiger partial charge on any atom is -0.490 e. The Morgan fingerprint density at radius 2 is 2.08 bits per heavy atom. The molecule has 24 heavy (non-hydrogen) atoms. The van der Waals surface area contributed by atoms with Crippen LogP contribution >= 0.6 is 0 Å². The van der Waals surface area contributed by atoms with Gasteiger partial charge in [0.25, 0.3) is 0 Å². The third-order valence-corrected chi connectivity index (χ3v) is 3.01. The topological polar surface area (TPSA) is 88.1 Å². The van der Waals surface area contributed by atoms with Crippen LogP contribution in [0.3, 0.4) is 0 Å². The van der Waals surface area contributed by atoms with Crippen molar-refractivity contribution in [2.24, 2.45) is 0 Å². The number of halogens is 2. The van der Waals surface area contributed by atoms with E-state index in [4.69, 9.17) is 9.84 Å². The van der Waals surface area contributed by atoms with Crippen molar-refractivity contribution in [3.8, 4) is 11.5 Å². The number of rotatable bonds is 9. The Kier molecular flexibility index (Phi) is 7.73. The summed E-state index contributed by atoms with van der Waals surface area (Å²) < 4.78 is 34.9. The molecule has 1 rings (SSSR count). The molecule has 1 aromatic rings. The zero-order valence-electron chi connectivity index (χ0n) is 13.4. The summed E-state index contributed by atoms with van der Waals surface area (Å²) in [4.78, 5) is 23.6. The van der Waals surface area contributed by atoms with Gasteiger partial charge in [0, 0.05) is 25.7 Å². The fourth-order valence-electron chi connectivity index (χ4n) is 1.86. The van der Waals surface area contributed by atoms with Crippen LogP contribution in [0.25, 0.3) is 0 Å². The number of urea groups is 1. The summed E-state index contributed by atoms with van der Waals surface area (Å²) in [5, 5.41) is 11.1. The van der Waals surface area contributed by atoms with Gasteiger partial charge in [0.2, 0.25) is 0 Å². The zero-order chi connectivity index (χ0) is 18.1. The lowest BCUT2D eigenvalue weighted by Gasteiger charge is -2.19. The van der Waals surface area contributed by atoms with Crippen LogP contribution in [-0.2, 0) is 11.3 Å². The molecule has 134 valence electrons. The lowest BCUT2D eigenvalue weighted by Crippen LogP contribution is -2.38. The van der Waals surface area contributed by atoms with Crippen LogP contribution in [0.2, 0.25) is 0 Å². The molecule has 0 bridgehead atoms. The number of carbonyl (C=O) groups excluding carboxylic acids is 1. The third kappa shape index (κ3) is 6.27. The van der Waals surface area contributed by atoms with E-state index in [9.17, 15) is 18.4 Å². The summed E-state index contributed by atoms with van der Waals surface area (Å²) in [7, 11) is 1.44. The molecule has 0 aliphatic carbocycles. The second kappa shape index (κ2) is 9.53. The van der Waals surface area contributed by atoms with E-state index in [1.165, 1.54) is 24.1 Å². The van der Waals surface area contributed by atoms with Crippen LogP contribution in [0, 0.1) is 0 Å². The molecule has 9 heteroatoms. The highest BCUT2D eigenvalue weighted by Gasteiger charge is 2.17. The second-order valence-electron chi connectivity index (χ2n) is 4.78. The van der Waals surface area contributed by atoms with Gasteiger partial charge in [-0.15, -0.1) is 0 Å². The summed E-state index contributed by atoms with van der Waals surface area (Å²) >= 11 is 0. The molecule has 2 amide bonds. The number of nitrogens with one attached hydrogen (secondary N) is 1. The van der Waals surface area contributed by atoms with Gasteiger partial charge in [-0.05, 0) is 13.0 Å². The van der Waals surface area contributed by atoms with Crippen molar-refractivity contribution in [2.45, 2.75) is 26.5 Å². The summed E-state index contributed by atoms with van der Waals surface area (Å²) in [6.07, 6.45) is -0.191. The van der Waals surface area contributed by atoms with E-state index >= 15 is 0 Å². The summed E-state index contributed by atoms with van der Waals surface area (Å²) in [6.45, 7) is -1.09. The quantitative estimate of drug-likeness (QED) is 0.716. The molecule has 0 aromatic heterocycles. The van der Waals surface area contributed by atoms with E-state index in [-0.39, 0.29) is 37.6 Å². The van der Waals surface area contributed by atoms with Crippen molar-refractivity contribution in [3.63, 3.8) is 0 Å². The maximum absolute atomic E-state index is 12.6. The highest BCUT2D eigenvalue weighted by Crippen LogP contribution is 2.32. The number of alkyl halides is 2. The molecule has 7 nitrogen and oxygen atoms in total. The first-order valence-electron chi connectivity index (χ1n) is 7.25. The molecule has 2 N–H and O–H groups in total. The number of hydrogen-bond acceptors (Lipinski definition) is 4. The van der Waals surface area contributed by atoms with Crippen LogP contribution in [-0.4, -0.2) is 48.8 Å². The normalized spacial score (nSPS) is 10.4. The fourth-order valence-corrected chi connectivity index (χ4v) is 1.86. The molecular weight excluding hydrogens is 326 g/mol. The predicted octanol–water partition coefficient (Wildman–Crippen LogP) is 2.30. The number of carboxylic acid groups (broad SMARTS) is 1. The van der Waals surface area contributed by atoms with Gasteiger partial charge in [0.1, 0.15) is 0 Å². The highest BCUT2D eigenvalue weighted by atomic mass is 19.3. The van der Waals surface area contributed by atoms with Crippen molar-refractivity contribution >= 4 is 12.0 Å². The average molecular weight is 346 g/mol. The average Bonchev–Trinajstić information content (AvgIpc) is 2.52. The number of aliphatic carboxylic acids is 1. The summed E-state index contributed by atoms with van der Waals surface area (Å²) in [5.41, 5.74) is 0.321. The lowest BCUT2D eigenvalue weighted by atomic mass is 10.2. The molecule has 0 spiro atoms. The highest BCUT2D eigenvalue weighted by molar-refractivity contribution is 5.75. The van der Waals surface area contributed by atoms with E-state index in [0.29, 0.717) is 5.56 Å². The van der Waals surface area contributed by atoms with Crippen LogP contribution in [0.1, 0.15) is 18.9 Å². The summed E-state index contributed by atoms with van der Waals surface area (Å²) in [5.74, 6) is -1.00. The van der Waals surface area contributed by atoms with Gasteiger partial charge in [0.15, 0.2) is 11.5 Å². The van der Waals surface area contributed by atoms with Crippen LogP contribution in [0.5, 0.6) is 11.5 Å². The van der Waals surface area contributed by atoms with E-state index in [1.807, 2.05) is 0 Å². The maximum atomic E-state index is 12.6. The van der Waals surface area contributed by atoms with Gasteiger partial charge in [-0.2, -0.15) is 8.78 Å². The summed E-state index contributed by atoms with van der Waals surface area (Å²) in [6, 6.07) is 4.09. The first kappa shape index (κ1) is 19.5. The minimum absolute atomic E-state index is 0.0283. The number of carboxylic acids is 1. The maximum Gasteiger partial charge on any atom is 0.387 e. The SMILES string of the molecule is CCOc1cccc(CNC(=O)N(C)CCC(=O)O)c1OC(F)F. The molecular formula is C15H20F2N2O5. The van der Waals surface area contributed by atoms with Gasteiger partial charge in [-0.25, -0.2) is 4.79 Å². The molecule has 0 aliphatic heterocycles. The number of nitrogens with zero attached hydrogens (tertiary/aromatic N) is 1. The minimum atomic E-state index is -3.03. The van der Waals surface area contributed by atoms with Gasteiger partial charge < -0.3 is 24.8 Å². The van der Waals surface area contributed by atoms with Crippen molar-refractivity contribution < 1.29 is 33.0 Å². The van der Waals surface area contributed by atoms with Crippen LogP contribution in [0.4, 0.5) is 13.6 Å². The number of ether oxygens (including phenoxy) is 2. The van der Waals surface area contributed by atoms with Crippen molar-refractivity contribution in [1.82, 2.24) is 10.2 Å². The fraction of sp³-hybridized carbons (Fsp3) is 0.467.